The molecule has 1 N–H and O–H groups in total. The molecule has 0 fully saturated rings. The Morgan fingerprint density at radius 1 is 1.00 bits per heavy atom. The van der Waals surface area contributed by atoms with E-state index in [0.29, 0.717) is 38.4 Å². The van der Waals surface area contributed by atoms with E-state index in [2.05, 4.69) is 0 Å². The first kappa shape index (κ1) is 30.7. The van der Waals surface area contributed by atoms with Crippen molar-refractivity contribution in [2.24, 2.45) is 0 Å². The van der Waals surface area contributed by atoms with E-state index in [9.17, 15) is 28.7 Å². The van der Waals surface area contributed by atoms with Crippen molar-refractivity contribution in [3.05, 3.63) is 121 Å². The van der Waals surface area contributed by atoms with Gasteiger partial charge in [0.2, 0.25) is 0 Å². The second-order valence-electron chi connectivity index (χ2n) is 9.77. The SMILES string of the molecule is COc1cn(C(Cc2c(C)ccc(F)c2Cl)C(=O)Cc2ccc(C(=O)O)cc2)c(=O)cc1-c1cc(Cl)ccc1C(C)=O. The zero-order chi connectivity index (χ0) is 30.7. The van der Waals surface area contributed by atoms with Crippen molar-refractivity contribution in [1.82, 2.24) is 4.57 Å². The van der Waals surface area contributed by atoms with Gasteiger partial charge in [0, 0.05) is 35.1 Å². The third kappa shape index (κ3) is 6.45. The number of carbonyl (C=O) groups excluding carboxylic acids is 2. The predicted molar refractivity (Wildman–Crippen MR) is 159 cm³/mol. The van der Waals surface area contributed by atoms with Crippen LogP contribution in [0.5, 0.6) is 5.75 Å². The molecule has 0 saturated heterocycles. The van der Waals surface area contributed by atoms with Crippen molar-refractivity contribution in [3.8, 4) is 16.9 Å². The molecule has 0 bridgehead atoms. The molecule has 1 unspecified atom stereocenters. The number of carboxylic acids is 1. The van der Waals surface area contributed by atoms with Crippen molar-refractivity contribution in [2.45, 2.75) is 32.7 Å². The molecule has 216 valence electrons. The molecule has 0 aliphatic carbocycles. The first-order valence-electron chi connectivity index (χ1n) is 12.8. The summed E-state index contributed by atoms with van der Waals surface area (Å²) in [6.07, 6.45) is 1.13. The van der Waals surface area contributed by atoms with Crippen molar-refractivity contribution in [3.63, 3.8) is 0 Å². The maximum atomic E-state index is 14.4. The van der Waals surface area contributed by atoms with Gasteiger partial charge in [0.05, 0.1) is 29.9 Å². The molecule has 0 amide bonds. The van der Waals surface area contributed by atoms with Crippen LogP contribution in [0.2, 0.25) is 10.0 Å². The number of nitrogens with zero attached hydrogens (tertiary/aromatic N) is 1. The molecular formula is C32H26Cl2FNO6. The van der Waals surface area contributed by atoms with E-state index in [0.717, 1.165) is 0 Å². The van der Waals surface area contributed by atoms with E-state index in [4.69, 9.17) is 27.9 Å². The highest BCUT2D eigenvalue weighted by molar-refractivity contribution is 6.31. The van der Waals surface area contributed by atoms with Gasteiger partial charge in [0.1, 0.15) is 11.6 Å². The molecule has 0 saturated carbocycles. The summed E-state index contributed by atoms with van der Waals surface area (Å²) in [5.74, 6) is -2.21. The minimum Gasteiger partial charge on any atom is -0.495 e. The zero-order valence-corrected chi connectivity index (χ0v) is 24.4. The maximum Gasteiger partial charge on any atom is 0.335 e. The topological polar surface area (TPSA) is 103 Å². The monoisotopic (exact) mass is 609 g/mol. The van der Waals surface area contributed by atoms with Crippen LogP contribution < -0.4 is 10.3 Å². The molecule has 4 rings (SSSR count). The normalized spacial score (nSPS) is 11.7. The Kier molecular flexibility index (Phi) is 9.29. The summed E-state index contributed by atoms with van der Waals surface area (Å²) in [6.45, 7) is 3.12. The number of aromatic carboxylic acids is 1. The van der Waals surface area contributed by atoms with Crippen molar-refractivity contribution in [2.75, 3.05) is 7.11 Å². The van der Waals surface area contributed by atoms with Crippen LogP contribution in [0.4, 0.5) is 4.39 Å². The lowest BCUT2D eigenvalue weighted by Crippen LogP contribution is -2.32. The highest BCUT2D eigenvalue weighted by atomic mass is 35.5. The van der Waals surface area contributed by atoms with Crippen LogP contribution >= 0.6 is 23.2 Å². The number of rotatable bonds is 10. The number of aryl methyl sites for hydroxylation is 1. The fourth-order valence-corrected chi connectivity index (χ4v) is 5.24. The van der Waals surface area contributed by atoms with Gasteiger partial charge >= 0.3 is 5.97 Å². The predicted octanol–water partition coefficient (Wildman–Crippen LogP) is 6.77. The second-order valence-corrected chi connectivity index (χ2v) is 10.6. The largest absolute Gasteiger partial charge is 0.495 e. The molecule has 1 aromatic heterocycles. The molecule has 10 heteroatoms. The van der Waals surface area contributed by atoms with Gasteiger partial charge in [-0.2, -0.15) is 0 Å². The molecule has 1 atom stereocenters. The molecule has 0 radical (unpaired) electrons. The molecule has 3 aromatic carbocycles. The van der Waals surface area contributed by atoms with Crippen LogP contribution in [-0.2, 0) is 17.6 Å². The highest BCUT2D eigenvalue weighted by Crippen LogP contribution is 2.35. The second kappa shape index (κ2) is 12.7. The number of ketones is 2. The van der Waals surface area contributed by atoms with Crippen molar-refractivity contribution in [1.29, 1.82) is 0 Å². The minimum atomic E-state index is -1.13. The van der Waals surface area contributed by atoms with Gasteiger partial charge in [0.25, 0.3) is 5.56 Å². The van der Waals surface area contributed by atoms with Crippen LogP contribution in [-0.4, -0.2) is 34.3 Å². The first-order valence-corrected chi connectivity index (χ1v) is 13.6. The first-order chi connectivity index (χ1) is 19.9. The van der Waals surface area contributed by atoms with E-state index in [1.54, 1.807) is 25.1 Å². The summed E-state index contributed by atoms with van der Waals surface area (Å²) in [7, 11) is 1.39. The Hall–Kier alpha value is -4.27. The number of Topliss-reactive ketones (excluding diaryl/α,β-unsaturated/α-hetero) is 2. The summed E-state index contributed by atoms with van der Waals surface area (Å²) in [5.41, 5.74) is 2.03. The quantitative estimate of drug-likeness (QED) is 0.199. The number of benzene rings is 3. The van der Waals surface area contributed by atoms with Gasteiger partial charge in [-0.1, -0.05) is 41.4 Å². The van der Waals surface area contributed by atoms with Gasteiger partial charge in [-0.25, -0.2) is 9.18 Å². The molecule has 0 aliphatic heterocycles. The van der Waals surface area contributed by atoms with E-state index < -0.39 is 29.2 Å². The van der Waals surface area contributed by atoms with Gasteiger partial charge in [-0.05, 0) is 72.5 Å². The smallest absolute Gasteiger partial charge is 0.335 e. The lowest BCUT2D eigenvalue weighted by Gasteiger charge is -2.23. The van der Waals surface area contributed by atoms with Gasteiger partial charge in [0.15, 0.2) is 11.6 Å². The Morgan fingerprint density at radius 2 is 1.69 bits per heavy atom. The van der Waals surface area contributed by atoms with Gasteiger partial charge in [-0.3, -0.25) is 14.4 Å². The Morgan fingerprint density at radius 3 is 2.31 bits per heavy atom. The number of pyridine rings is 1. The third-order valence-corrected chi connectivity index (χ3v) is 7.67. The average molecular weight is 610 g/mol. The third-order valence-electron chi connectivity index (χ3n) is 7.03. The van der Waals surface area contributed by atoms with E-state index in [-0.39, 0.29) is 35.0 Å². The lowest BCUT2D eigenvalue weighted by atomic mass is 9.94. The van der Waals surface area contributed by atoms with Crippen LogP contribution in [0, 0.1) is 12.7 Å². The Labute approximate surface area is 251 Å². The lowest BCUT2D eigenvalue weighted by molar-refractivity contribution is -0.121. The molecule has 0 spiro atoms. The number of methoxy groups -OCH3 is 1. The number of halogens is 3. The number of carboxylic acid groups (broad SMARTS) is 1. The molecule has 7 nitrogen and oxygen atoms in total. The Bertz CT molecular complexity index is 1760. The number of hydrogen-bond donors (Lipinski definition) is 1. The van der Waals surface area contributed by atoms with E-state index >= 15 is 0 Å². The fourth-order valence-electron chi connectivity index (χ4n) is 4.78. The minimum absolute atomic E-state index is 0.0624. The molecule has 1 heterocycles. The standard InChI is InChI=1S/C32H26Cl2FNO6/c1-17-4-11-26(35)31(34)23(17)14-27(28(38)12-19-5-7-20(8-6-19)32(40)41)36-16-29(42-3)25(15-30(36)39)24-13-21(33)9-10-22(24)18(2)37/h4-11,13,15-16,27H,12,14H2,1-3H3,(H,40,41). The summed E-state index contributed by atoms with van der Waals surface area (Å²) in [4.78, 5) is 51.1. The van der Waals surface area contributed by atoms with Crippen LogP contribution in [0.15, 0.2) is 71.7 Å². The van der Waals surface area contributed by atoms with Crippen LogP contribution in [0.3, 0.4) is 0 Å². The molecule has 42 heavy (non-hydrogen) atoms. The van der Waals surface area contributed by atoms with E-state index in [1.165, 1.54) is 67.3 Å². The number of hydrogen-bond acceptors (Lipinski definition) is 5. The molecular weight excluding hydrogens is 584 g/mol. The summed E-state index contributed by atoms with van der Waals surface area (Å²) in [6, 6.07) is 13.4. The summed E-state index contributed by atoms with van der Waals surface area (Å²) >= 11 is 12.5. The van der Waals surface area contributed by atoms with E-state index in [1.807, 2.05) is 0 Å². The summed E-state index contributed by atoms with van der Waals surface area (Å²) < 4.78 is 21.3. The Balaban J connectivity index is 1.86. The van der Waals surface area contributed by atoms with Crippen molar-refractivity contribution < 1.29 is 28.6 Å². The van der Waals surface area contributed by atoms with Crippen LogP contribution in [0.1, 0.15) is 50.4 Å². The van der Waals surface area contributed by atoms with Gasteiger partial charge in [-0.15, -0.1) is 0 Å². The highest BCUT2D eigenvalue weighted by Gasteiger charge is 2.27. The molecule has 0 aliphatic rings. The summed E-state index contributed by atoms with van der Waals surface area (Å²) in [5, 5.41) is 9.39. The molecule has 4 aromatic rings. The fraction of sp³-hybridized carbons (Fsp3) is 0.188. The van der Waals surface area contributed by atoms with Gasteiger partial charge < -0.3 is 14.4 Å². The average Bonchev–Trinajstić information content (AvgIpc) is 2.95. The zero-order valence-electron chi connectivity index (χ0n) is 22.9. The van der Waals surface area contributed by atoms with Crippen LogP contribution in [0.25, 0.3) is 11.1 Å². The number of ether oxygens (including phenoxy) is 1. The number of aromatic nitrogens is 1. The number of carbonyl (C=O) groups is 3. The maximum absolute atomic E-state index is 14.4. The van der Waals surface area contributed by atoms with Crippen molar-refractivity contribution >= 4 is 40.7 Å².